The Morgan fingerprint density at radius 1 is 1.15 bits per heavy atom. The molecule has 2 nitrogen and oxygen atoms in total. The normalized spacial score (nSPS) is 10.3. The van der Waals surface area contributed by atoms with Crippen LogP contribution in [-0.4, -0.2) is 9.55 Å². The summed E-state index contributed by atoms with van der Waals surface area (Å²) in [6.07, 6.45) is 3.80. The molecular formula is C11H12N2. The zero-order valence-corrected chi connectivity index (χ0v) is 7.86. The molecule has 0 aliphatic rings. The van der Waals surface area contributed by atoms with E-state index in [4.69, 9.17) is 0 Å². The van der Waals surface area contributed by atoms with E-state index in [1.54, 1.807) is 0 Å². The van der Waals surface area contributed by atoms with Gasteiger partial charge in [-0.1, -0.05) is 18.2 Å². The molecule has 2 rings (SSSR count). The highest BCUT2D eigenvalue weighted by molar-refractivity contribution is 5.40. The second-order valence-electron chi connectivity index (χ2n) is 3.13. The van der Waals surface area contributed by atoms with Crippen LogP contribution in [0, 0.1) is 13.8 Å². The minimum absolute atomic E-state index is 1.02. The monoisotopic (exact) mass is 172 g/mol. The van der Waals surface area contributed by atoms with Gasteiger partial charge in [-0.15, -0.1) is 0 Å². The predicted molar refractivity (Wildman–Crippen MR) is 53.0 cm³/mol. The molecule has 1 heterocycles. The summed E-state index contributed by atoms with van der Waals surface area (Å²) >= 11 is 0. The largest absolute Gasteiger partial charge is 0.304 e. The highest BCUT2D eigenvalue weighted by Gasteiger charge is 2.01. The molecule has 1 aromatic carbocycles. The first kappa shape index (κ1) is 8.05. The number of hydrogen-bond acceptors (Lipinski definition) is 1. The Labute approximate surface area is 77.9 Å². The van der Waals surface area contributed by atoms with Crippen LogP contribution in [0.1, 0.15) is 11.4 Å². The number of benzene rings is 1. The average Bonchev–Trinajstić information content (AvgIpc) is 2.52. The van der Waals surface area contributed by atoms with E-state index in [0.29, 0.717) is 0 Å². The Hall–Kier alpha value is -1.57. The molecule has 2 heteroatoms. The first-order valence-corrected chi connectivity index (χ1v) is 4.35. The standard InChI is InChI=1S/C11H12N2/c1-9-5-3-4-6-11(9)13-8-7-12-10(13)2/h3-8H,1-2H3. The van der Waals surface area contributed by atoms with Crippen LogP contribution in [-0.2, 0) is 0 Å². The third-order valence-corrected chi connectivity index (χ3v) is 2.20. The van der Waals surface area contributed by atoms with Crippen molar-refractivity contribution in [2.75, 3.05) is 0 Å². The average molecular weight is 172 g/mol. The van der Waals surface area contributed by atoms with Gasteiger partial charge in [0.25, 0.3) is 0 Å². The fourth-order valence-electron chi connectivity index (χ4n) is 1.47. The number of para-hydroxylation sites is 1. The Morgan fingerprint density at radius 2 is 1.92 bits per heavy atom. The van der Waals surface area contributed by atoms with Crippen molar-refractivity contribution in [2.24, 2.45) is 0 Å². The molecule has 0 N–H and O–H groups in total. The molecule has 0 amide bonds. The number of aromatic nitrogens is 2. The lowest BCUT2D eigenvalue weighted by Gasteiger charge is -2.07. The molecule has 0 atom stereocenters. The summed E-state index contributed by atoms with van der Waals surface area (Å²) in [5.41, 5.74) is 2.47. The topological polar surface area (TPSA) is 17.8 Å². The number of rotatable bonds is 1. The Balaban J connectivity index is 2.59. The zero-order valence-electron chi connectivity index (χ0n) is 7.86. The first-order valence-electron chi connectivity index (χ1n) is 4.35. The van der Waals surface area contributed by atoms with Crippen LogP contribution in [0.3, 0.4) is 0 Å². The smallest absolute Gasteiger partial charge is 0.110 e. The van der Waals surface area contributed by atoms with Crippen molar-refractivity contribution in [2.45, 2.75) is 13.8 Å². The molecule has 0 fully saturated rings. The molecular weight excluding hydrogens is 160 g/mol. The van der Waals surface area contributed by atoms with Gasteiger partial charge >= 0.3 is 0 Å². The van der Waals surface area contributed by atoms with Gasteiger partial charge in [0.15, 0.2) is 0 Å². The van der Waals surface area contributed by atoms with Crippen molar-refractivity contribution in [3.63, 3.8) is 0 Å². The quantitative estimate of drug-likeness (QED) is 0.646. The Kier molecular flexibility index (Phi) is 1.89. The summed E-state index contributed by atoms with van der Waals surface area (Å²) in [6.45, 7) is 4.11. The molecule has 0 spiro atoms. The molecule has 0 unspecified atom stereocenters. The second kappa shape index (κ2) is 3.05. The summed E-state index contributed by atoms with van der Waals surface area (Å²) in [7, 11) is 0. The van der Waals surface area contributed by atoms with Gasteiger partial charge < -0.3 is 4.57 Å². The fraction of sp³-hybridized carbons (Fsp3) is 0.182. The van der Waals surface area contributed by atoms with Crippen molar-refractivity contribution < 1.29 is 0 Å². The fourth-order valence-corrected chi connectivity index (χ4v) is 1.47. The van der Waals surface area contributed by atoms with Crippen LogP contribution >= 0.6 is 0 Å². The number of nitrogens with zero attached hydrogens (tertiary/aromatic N) is 2. The SMILES string of the molecule is Cc1ccccc1-n1ccnc1C. The van der Waals surface area contributed by atoms with Gasteiger partial charge in [-0.2, -0.15) is 0 Å². The predicted octanol–water partition coefficient (Wildman–Crippen LogP) is 2.49. The molecule has 0 bridgehead atoms. The molecule has 0 radical (unpaired) electrons. The van der Waals surface area contributed by atoms with Crippen molar-refractivity contribution in [3.8, 4) is 5.69 Å². The van der Waals surface area contributed by atoms with Gasteiger partial charge in [0.2, 0.25) is 0 Å². The van der Waals surface area contributed by atoms with E-state index in [2.05, 4.69) is 28.6 Å². The number of hydrogen-bond donors (Lipinski definition) is 0. The maximum atomic E-state index is 4.20. The van der Waals surface area contributed by atoms with E-state index < -0.39 is 0 Å². The van der Waals surface area contributed by atoms with E-state index in [9.17, 15) is 0 Å². The van der Waals surface area contributed by atoms with E-state index in [1.807, 2.05) is 31.5 Å². The lowest BCUT2D eigenvalue weighted by molar-refractivity contribution is 0.964. The molecule has 0 saturated heterocycles. The van der Waals surface area contributed by atoms with Crippen LogP contribution < -0.4 is 0 Å². The van der Waals surface area contributed by atoms with Crippen LogP contribution in [0.25, 0.3) is 5.69 Å². The highest BCUT2D eigenvalue weighted by Crippen LogP contribution is 2.14. The molecule has 13 heavy (non-hydrogen) atoms. The Bertz CT molecular complexity index is 416. The summed E-state index contributed by atoms with van der Waals surface area (Å²) in [6, 6.07) is 8.30. The van der Waals surface area contributed by atoms with E-state index in [0.717, 1.165) is 5.82 Å². The summed E-state index contributed by atoms with van der Waals surface area (Å²) in [4.78, 5) is 4.20. The van der Waals surface area contributed by atoms with E-state index in [1.165, 1.54) is 11.3 Å². The van der Waals surface area contributed by atoms with Gasteiger partial charge in [-0.3, -0.25) is 0 Å². The molecule has 66 valence electrons. The minimum atomic E-state index is 1.02. The maximum absolute atomic E-state index is 4.20. The zero-order chi connectivity index (χ0) is 9.26. The second-order valence-corrected chi connectivity index (χ2v) is 3.13. The van der Waals surface area contributed by atoms with E-state index >= 15 is 0 Å². The molecule has 0 aliphatic heterocycles. The van der Waals surface area contributed by atoms with Crippen molar-refractivity contribution in [1.82, 2.24) is 9.55 Å². The maximum Gasteiger partial charge on any atom is 0.110 e. The molecule has 0 saturated carbocycles. The number of imidazole rings is 1. The van der Waals surface area contributed by atoms with Gasteiger partial charge in [0.05, 0.1) is 0 Å². The minimum Gasteiger partial charge on any atom is -0.304 e. The van der Waals surface area contributed by atoms with Crippen molar-refractivity contribution >= 4 is 0 Å². The van der Waals surface area contributed by atoms with Crippen LogP contribution in [0.15, 0.2) is 36.7 Å². The lowest BCUT2D eigenvalue weighted by atomic mass is 10.2. The third-order valence-electron chi connectivity index (χ3n) is 2.20. The van der Waals surface area contributed by atoms with Crippen molar-refractivity contribution in [3.05, 3.63) is 48.0 Å². The number of aryl methyl sites for hydroxylation is 2. The highest BCUT2D eigenvalue weighted by atomic mass is 15.1. The van der Waals surface area contributed by atoms with Gasteiger partial charge in [-0.25, -0.2) is 4.98 Å². The van der Waals surface area contributed by atoms with Gasteiger partial charge in [0, 0.05) is 18.1 Å². The van der Waals surface area contributed by atoms with Gasteiger partial charge in [-0.05, 0) is 25.5 Å². The summed E-state index contributed by atoms with van der Waals surface area (Å²) < 4.78 is 2.09. The third kappa shape index (κ3) is 1.35. The first-order chi connectivity index (χ1) is 6.29. The summed E-state index contributed by atoms with van der Waals surface area (Å²) in [5, 5.41) is 0. The van der Waals surface area contributed by atoms with Crippen molar-refractivity contribution in [1.29, 1.82) is 0 Å². The molecule has 1 aromatic heterocycles. The van der Waals surface area contributed by atoms with Crippen LogP contribution in [0.2, 0.25) is 0 Å². The van der Waals surface area contributed by atoms with Crippen LogP contribution in [0.5, 0.6) is 0 Å². The molecule has 0 aliphatic carbocycles. The van der Waals surface area contributed by atoms with Gasteiger partial charge in [0.1, 0.15) is 5.82 Å². The van der Waals surface area contributed by atoms with Crippen LogP contribution in [0.4, 0.5) is 0 Å². The summed E-state index contributed by atoms with van der Waals surface area (Å²) in [5.74, 6) is 1.02. The van der Waals surface area contributed by atoms with E-state index in [-0.39, 0.29) is 0 Å². The lowest BCUT2D eigenvalue weighted by Crippen LogP contribution is -1.97. The Morgan fingerprint density at radius 3 is 2.54 bits per heavy atom. The molecule has 2 aromatic rings.